The maximum atomic E-state index is 13.0. The van der Waals surface area contributed by atoms with Crippen LogP contribution in [0.4, 0.5) is 4.39 Å². The largest absolute Gasteiger partial charge is 0.395 e. The number of hydroxylamine groups is 1. The van der Waals surface area contributed by atoms with Crippen LogP contribution in [0.25, 0.3) is 0 Å². The Hall–Kier alpha value is -1.51. The molecule has 0 aliphatic carbocycles. The zero-order valence-corrected chi connectivity index (χ0v) is 8.14. The van der Waals surface area contributed by atoms with Crippen LogP contribution in [0.2, 0.25) is 0 Å². The van der Waals surface area contributed by atoms with Crippen molar-refractivity contribution in [3.63, 3.8) is 0 Å². The fourth-order valence-electron chi connectivity index (χ4n) is 1.47. The van der Waals surface area contributed by atoms with Crippen molar-refractivity contribution >= 4 is 0 Å². The van der Waals surface area contributed by atoms with Gasteiger partial charge in [-0.2, -0.15) is 9.87 Å². The molecule has 2 atom stereocenters. The van der Waals surface area contributed by atoms with Crippen LogP contribution in [0.5, 0.6) is 0 Å². The van der Waals surface area contributed by atoms with Crippen molar-refractivity contribution in [2.24, 2.45) is 0 Å². The second-order valence-electron chi connectivity index (χ2n) is 3.45. The molecule has 16 heavy (non-hydrogen) atoms. The van der Waals surface area contributed by atoms with Crippen molar-refractivity contribution in [2.45, 2.75) is 18.7 Å². The summed E-state index contributed by atoms with van der Waals surface area (Å²) in [7, 11) is 0. The number of nitrogens with zero attached hydrogens (tertiary/aromatic N) is 1. The molecule has 1 saturated heterocycles. The highest BCUT2D eigenvalue weighted by Gasteiger charge is 2.27. The minimum Gasteiger partial charge on any atom is -0.395 e. The Morgan fingerprint density at radius 3 is 3.00 bits per heavy atom. The summed E-state index contributed by atoms with van der Waals surface area (Å²) in [5.74, 6) is -1.06. The number of aromatic nitrogens is 2. The minimum absolute atomic E-state index is 0.156. The van der Waals surface area contributed by atoms with E-state index in [1.807, 2.05) is 4.98 Å². The fraction of sp³-hybridized carbons (Fsp3) is 0.500. The third kappa shape index (κ3) is 1.90. The smallest absolute Gasteiger partial charge is 0.330 e. The molecule has 2 heterocycles. The van der Waals surface area contributed by atoms with E-state index in [2.05, 4.69) is 5.48 Å². The highest BCUT2D eigenvalue weighted by molar-refractivity contribution is 4.89. The zero-order valence-electron chi connectivity index (χ0n) is 8.14. The molecule has 1 aromatic rings. The summed E-state index contributed by atoms with van der Waals surface area (Å²) in [5, 5.41) is 8.84. The average Bonchev–Trinajstić information content (AvgIpc) is 2.71. The first-order valence-electron chi connectivity index (χ1n) is 4.65. The number of hydrogen-bond donors (Lipinski definition) is 3. The van der Waals surface area contributed by atoms with Gasteiger partial charge in [-0.3, -0.25) is 19.2 Å². The Labute approximate surface area is 88.4 Å². The van der Waals surface area contributed by atoms with E-state index < -0.39 is 23.3 Å². The Kier molecular flexibility index (Phi) is 2.86. The summed E-state index contributed by atoms with van der Waals surface area (Å²) >= 11 is 0. The van der Waals surface area contributed by atoms with E-state index in [1.54, 1.807) is 0 Å². The molecule has 2 rings (SSSR count). The van der Waals surface area contributed by atoms with Gasteiger partial charge in [-0.25, -0.2) is 4.79 Å². The summed E-state index contributed by atoms with van der Waals surface area (Å²) in [6.45, 7) is -0.156. The standard InChI is InChI=1S/C8H10FN3O4/c9-5-2-12(8(15)10-7(5)14)6-1-4(3-13)11-16-6/h2,4,6,11,13H,1,3H2,(H,10,14,15)/t4-,6+/m1/s1. The van der Waals surface area contributed by atoms with Gasteiger partial charge in [0, 0.05) is 6.42 Å². The quantitative estimate of drug-likeness (QED) is 0.573. The van der Waals surface area contributed by atoms with Crippen LogP contribution in [-0.2, 0) is 4.84 Å². The molecule has 0 bridgehead atoms. The topological polar surface area (TPSA) is 96.4 Å². The Morgan fingerprint density at radius 1 is 1.62 bits per heavy atom. The molecule has 1 aromatic heterocycles. The van der Waals surface area contributed by atoms with E-state index in [9.17, 15) is 14.0 Å². The summed E-state index contributed by atoms with van der Waals surface area (Å²) in [6.07, 6.45) is 0.353. The molecule has 8 heteroatoms. The van der Waals surface area contributed by atoms with Gasteiger partial charge >= 0.3 is 5.69 Å². The van der Waals surface area contributed by atoms with E-state index in [0.29, 0.717) is 6.42 Å². The third-order valence-corrected chi connectivity index (χ3v) is 2.31. The lowest BCUT2D eigenvalue weighted by atomic mass is 10.2. The molecule has 0 saturated carbocycles. The number of H-pyrrole nitrogens is 1. The lowest BCUT2D eigenvalue weighted by Crippen LogP contribution is -2.33. The number of hydrogen-bond acceptors (Lipinski definition) is 5. The van der Waals surface area contributed by atoms with Crippen molar-refractivity contribution < 1.29 is 14.3 Å². The van der Waals surface area contributed by atoms with Gasteiger partial charge in [-0.1, -0.05) is 0 Å². The predicted molar refractivity (Wildman–Crippen MR) is 50.0 cm³/mol. The van der Waals surface area contributed by atoms with Gasteiger partial charge in [0.05, 0.1) is 18.8 Å². The molecule has 0 amide bonds. The predicted octanol–water partition coefficient (Wildman–Crippen LogP) is -1.54. The number of nitrogens with one attached hydrogen (secondary N) is 2. The van der Waals surface area contributed by atoms with Crippen LogP contribution in [0, 0.1) is 5.82 Å². The molecular formula is C8H10FN3O4. The van der Waals surface area contributed by atoms with Crippen molar-refractivity contribution in [1.29, 1.82) is 0 Å². The van der Waals surface area contributed by atoms with Crippen LogP contribution in [0.15, 0.2) is 15.8 Å². The molecular weight excluding hydrogens is 221 g/mol. The second-order valence-corrected chi connectivity index (χ2v) is 3.45. The van der Waals surface area contributed by atoms with Crippen molar-refractivity contribution in [3.8, 4) is 0 Å². The Morgan fingerprint density at radius 2 is 2.38 bits per heavy atom. The van der Waals surface area contributed by atoms with Crippen molar-refractivity contribution in [1.82, 2.24) is 15.0 Å². The van der Waals surface area contributed by atoms with Crippen LogP contribution in [0.1, 0.15) is 12.6 Å². The second kappa shape index (κ2) is 4.16. The first-order valence-corrected chi connectivity index (χ1v) is 4.65. The zero-order chi connectivity index (χ0) is 11.7. The van der Waals surface area contributed by atoms with Gasteiger partial charge in [-0.15, -0.1) is 0 Å². The van der Waals surface area contributed by atoms with E-state index >= 15 is 0 Å². The third-order valence-electron chi connectivity index (χ3n) is 2.31. The maximum Gasteiger partial charge on any atom is 0.330 e. The molecule has 0 unspecified atom stereocenters. The number of rotatable bonds is 2. The molecule has 7 nitrogen and oxygen atoms in total. The SMILES string of the molecule is O=c1[nH]c(=O)n([C@@H]2C[C@H](CO)NO2)cc1F. The van der Waals surface area contributed by atoms with Crippen LogP contribution in [0.3, 0.4) is 0 Å². The molecule has 1 aliphatic heterocycles. The van der Waals surface area contributed by atoms with Crippen molar-refractivity contribution in [3.05, 3.63) is 32.9 Å². The monoisotopic (exact) mass is 231 g/mol. The first kappa shape index (κ1) is 11.0. The van der Waals surface area contributed by atoms with Crippen LogP contribution in [-0.4, -0.2) is 27.3 Å². The molecule has 0 spiro atoms. The van der Waals surface area contributed by atoms with Gasteiger partial charge in [0.25, 0.3) is 5.56 Å². The van der Waals surface area contributed by atoms with Gasteiger partial charge in [0.15, 0.2) is 6.23 Å². The highest BCUT2D eigenvalue weighted by atomic mass is 19.1. The van der Waals surface area contributed by atoms with E-state index in [0.717, 1.165) is 10.8 Å². The van der Waals surface area contributed by atoms with E-state index in [1.165, 1.54) is 0 Å². The van der Waals surface area contributed by atoms with Crippen molar-refractivity contribution in [2.75, 3.05) is 6.61 Å². The summed E-state index contributed by atoms with van der Waals surface area (Å²) in [5.41, 5.74) is 0.675. The molecule has 0 aromatic carbocycles. The minimum atomic E-state index is -1.06. The molecule has 88 valence electrons. The molecule has 1 aliphatic rings. The summed E-state index contributed by atoms with van der Waals surface area (Å²) < 4.78 is 13.9. The highest BCUT2D eigenvalue weighted by Crippen LogP contribution is 2.18. The number of aromatic amines is 1. The Balaban J connectivity index is 2.32. The number of halogens is 1. The van der Waals surface area contributed by atoms with Gasteiger partial charge in [0.2, 0.25) is 5.82 Å². The maximum absolute atomic E-state index is 13.0. The van der Waals surface area contributed by atoms with Crippen LogP contribution < -0.4 is 16.7 Å². The van der Waals surface area contributed by atoms with E-state index in [4.69, 9.17) is 9.94 Å². The lowest BCUT2D eigenvalue weighted by Gasteiger charge is -2.10. The van der Waals surface area contributed by atoms with Gasteiger partial charge < -0.3 is 5.11 Å². The number of aliphatic hydroxyl groups excluding tert-OH is 1. The van der Waals surface area contributed by atoms with Gasteiger partial charge in [0.1, 0.15) is 0 Å². The Bertz CT molecular complexity index is 497. The summed E-state index contributed by atoms with van der Waals surface area (Å²) in [6, 6.07) is -0.313. The summed E-state index contributed by atoms with van der Waals surface area (Å²) in [4.78, 5) is 28.9. The molecule has 0 radical (unpaired) electrons. The molecule has 3 N–H and O–H groups in total. The lowest BCUT2D eigenvalue weighted by molar-refractivity contribution is -0.0203. The molecule has 1 fully saturated rings. The van der Waals surface area contributed by atoms with E-state index in [-0.39, 0.29) is 12.6 Å². The fourth-order valence-corrected chi connectivity index (χ4v) is 1.47. The number of aliphatic hydroxyl groups is 1. The normalized spacial score (nSPS) is 24.9. The average molecular weight is 231 g/mol. The first-order chi connectivity index (χ1) is 7.61. The van der Waals surface area contributed by atoms with Crippen LogP contribution >= 0.6 is 0 Å². The van der Waals surface area contributed by atoms with Gasteiger partial charge in [-0.05, 0) is 0 Å².